The molecular weight excluding hydrogens is 483 g/mol. The van der Waals surface area contributed by atoms with Crippen molar-refractivity contribution < 1.29 is 22.3 Å². The molecule has 0 saturated carbocycles. The number of aryl methyl sites for hydroxylation is 1. The van der Waals surface area contributed by atoms with Gasteiger partial charge in [-0.15, -0.1) is 0 Å². The SMILES string of the molecule is COc1cccc(CNC(=O)c2cc(-c3ccc(F)cc3)nc3c2c(C)nn3C2CCS(=O)(=O)C2)c1. The number of halogens is 1. The van der Waals surface area contributed by atoms with E-state index in [0.29, 0.717) is 45.7 Å². The van der Waals surface area contributed by atoms with Crippen LogP contribution in [-0.4, -0.2) is 47.7 Å². The summed E-state index contributed by atoms with van der Waals surface area (Å²) in [5, 5.41) is 8.12. The quantitative estimate of drug-likeness (QED) is 0.425. The van der Waals surface area contributed by atoms with Crippen molar-refractivity contribution in [3.8, 4) is 17.0 Å². The van der Waals surface area contributed by atoms with Crippen molar-refractivity contribution in [2.24, 2.45) is 0 Å². The molecule has 10 heteroatoms. The summed E-state index contributed by atoms with van der Waals surface area (Å²) in [4.78, 5) is 18.2. The number of carbonyl (C=O) groups is 1. The maximum Gasteiger partial charge on any atom is 0.252 e. The summed E-state index contributed by atoms with van der Waals surface area (Å²) in [6, 6.07) is 14.6. The number of ether oxygens (including phenoxy) is 1. The number of pyridine rings is 1. The molecule has 1 aliphatic rings. The van der Waals surface area contributed by atoms with Crippen LogP contribution in [0.25, 0.3) is 22.3 Å². The highest BCUT2D eigenvalue weighted by Gasteiger charge is 2.32. The highest BCUT2D eigenvalue weighted by molar-refractivity contribution is 7.91. The summed E-state index contributed by atoms with van der Waals surface area (Å²) >= 11 is 0. The monoisotopic (exact) mass is 508 g/mol. The fourth-order valence-electron chi connectivity index (χ4n) is 4.54. The summed E-state index contributed by atoms with van der Waals surface area (Å²) in [6.07, 6.45) is 0.429. The second kappa shape index (κ2) is 9.34. The van der Waals surface area contributed by atoms with Crippen LogP contribution in [0.4, 0.5) is 4.39 Å². The van der Waals surface area contributed by atoms with Crippen molar-refractivity contribution in [1.29, 1.82) is 0 Å². The van der Waals surface area contributed by atoms with Gasteiger partial charge in [0.25, 0.3) is 5.91 Å². The number of hydrogen-bond acceptors (Lipinski definition) is 6. The van der Waals surface area contributed by atoms with Crippen molar-refractivity contribution >= 4 is 26.8 Å². The Labute approximate surface area is 208 Å². The van der Waals surface area contributed by atoms with E-state index in [1.165, 1.54) is 12.1 Å². The van der Waals surface area contributed by atoms with Gasteiger partial charge in [0.15, 0.2) is 15.5 Å². The minimum atomic E-state index is -3.16. The molecule has 36 heavy (non-hydrogen) atoms. The van der Waals surface area contributed by atoms with Crippen LogP contribution in [0.15, 0.2) is 54.6 Å². The van der Waals surface area contributed by atoms with Gasteiger partial charge in [0.1, 0.15) is 11.6 Å². The molecule has 1 saturated heterocycles. The number of carbonyl (C=O) groups excluding carboxylic acids is 1. The topological polar surface area (TPSA) is 103 Å². The summed E-state index contributed by atoms with van der Waals surface area (Å²) in [5.41, 5.74) is 3.35. The minimum absolute atomic E-state index is 0.0248. The van der Waals surface area contributed by atoms with Gasteiger partial charge >= 0.3 is 0 Å². The number of benzene rings is 2. The molecule has 2 aromatic heterocycles. The Balaban J connectivity index is 1.59. The maximum absolute atomic E-state index is 13.6. The molecule has 2 aromatic carbocycles. The lowest BCUT2D eigenvalue weighted by Crippen LogP contribution is -2.23. The molecule has 1 aliphatic heterocycles. The Morgan fingerprint density at radius 3 is 2.67 bits per heavy atom. The maximum atomic E-state index is 13.6. The zero-order valence-corrected chi connectivity index (χ0v) is 20.7. The third-order valence-corrected chi connectivity index (χ3v) is 8.11. The summed E-state index contributed by atoms with van der Waals surface area (Å²) in [6.45, 7) is 2.06. The standard InChI is InChI=1S/C26H25FN4O4S/c1-16-24-22(26(32)28-14-17-4-3-5-21(12-17)35-2)13-23(18-6-8-19(27)9-7-18)29-25(24)31(30-16)20-10-11-36(33,34)15-20/h3-9,12-13,20H,10-11,14-15H2,1-2H3,(H,28,32). The first-order valence-electron chi connectivity index (χ1n) is 11.5. The van der Waals surface area contributed by atoms with Crippen LogP contribution in [0, 0.1) is 12.7 Å². The van der Waals surface area contributed by atoms with Gasteiger partial charge in [-0.3, -0.25) is 4.79 Å². The molecule has 0 spiro atoms. The average Bonchev–Trinajstić information content (AvgIpc) is 3.41. The first-order valence-corrected chi connectivity index (χ1v) is 13.3. The molecule has 3 heterocycles. The highest BCUT2D eigenvalue weighted by Crippen LogP contribution is 2.32. The molecule has 186 valence electrons. The summed E-state index contributed by atoms with van der Waals surface area (Å²) in [7, 11) is -1.58. The fraction of sp³-hybridized carbons (Fsp3) is 0.269. The number of amides is 1. The van der Waals surface area contributed by atoms with E-state index in [9.17, 15) is 17.6 Å². The molecule has 1 atom stereocenters. The van der Waals surface area contributed by atoms with Crippen molar-refractivity contribution in [3.63, 3.8) is 0 Å². The zero-order chi connectivity index (χ0) is 25.4. The number of methoxy groups -OCH3 is 1. The van der Waals surface area contributed by atoms with Crippen LogP contribution in [0.2, 0.25) is 0 Å². The second-order valence-corrected chi connectivity index (χ2v) is 11.1. The first kappa shape index (κ1) is 23.9. The summed E-state index contributed by atoms with van der Waals surface area (Å²) < 4.78 is 44.7. The second-order valence-electron chi connectivity index (χ2n) is 8.88. The Kier molecular flexibility index (Phi) is 6.21. The molecule has 1 N–H and O–H groups in total. The molecule has 8 nitrogen and oxygen atoms in total. The largest absolute Gasteiger partial charge is 0.497 e. The van der Waals surface area contributed by atoms with Crippen LogP contribution < -0.4 is 10.1 Å². The number of hydrogen-bond donors (Lipinski definition) is 1. The van der Waals surface area contributed by atoms with Crippen LogP contribution in [0.1, 0.15) is 34.1 Å². The van der Waals surface area contributed by atoms with Gasteiger partial charge in [0, 0.05) is 12.1 Å². The number of sulfone groups is 1. The van der Waals surface area contributed by atoms with Gasteiger partial charge in [-0.1, -0.05) is 12.1 Å². The predicted molar refractivity (Wildman–Crippen MR) is 134 cm³/mol. The lowest BCUT2D eigenvalue weighted by Gasteiger charge is -2.13. The van der Waals surface area contributed by atoms with Crippen LogP contribution in [0.5, 0.6) is 5.75 Å². The van der Waals surface area contributed by atoms with Crippen molar-refractivity contribution in [2.75, 3.05) is 18.6 Å². The number of fused-ring (bicyclic) bond motifs is 1. The minimum Gasteiger partial charge on any atom is -0.497 e. The van der Waals surface area contributed by atoms with Crippen molar-refractivity contribution in [1.82, 2.24) is 20.1 Å². The van der Waals surface area contributed by atoms with E-state index in [-0.39, 0.29) is 35.8 Å². The third-order valence-electron chi connectivity index (χ3n) is 6.36. The molecule has 0 radical (unpaired) electrons. The molecule has 1 unspecified atom stereocenters. The Morgan fingerprint density at radius 2 is 1.97 bits per heavy atom. The number of rotatable bonds is 6. The third kappa shape index (κ3) is 4.68. The van der Waals surface area contributed by atoms with Crippen molar-refractivity contribution in [3.05, 3.63) is 77.2 Å². The Hall–Kier alpha value is -3.79. The molecule has 0 bridgehead atoms. The number of nitrogens with one attached hydrogen (secondary N) is 1. The van der Waals surface area contributed by atoms with Gasteiger partial charge in [0.2, 0.25) is 0 Å². The molecule has 1 fully saturated rings. The Bertz CT molecular complexity index is 1570. The normalized spacial score (nSPS) is 16.8. The van der Waals surface area contributed by atoms with Gasteiger partial charge < -0.3 is 10.1 Å². The lowest BCUT2D eigenvalue weighted by atomic mass is 10.0. The van der Waals surface area contributed by atoms with E-state index >= 15 is 0 Å². The highest BCUT2D eigenvalue weighted by atomic mass is 32.2. The van der Waals surface area contributed by atoms with E-state index < -0.39 is 9.84 Å². The van der Waals surface area contributed by atoms with E-state index in [2.05, 4.69) is 10.4 Å². The van der Waals surface area contributed by atoms with Gasteiger partial charge in [-0.25, -0.2) is 22.5 Å². The van der Waals surface area contributed by atoms with Crippen LogP contribution >= 0.6 is 0 Å². The number of aromatic nitrogens is 3. The molecule has 0 aliphatic carbocycles. The number of nitrogens with zero attached hydrogens (tertiary/aromatic N) is 3. The van der Waals surface area contributed by atoms with Gasteiger partial charge in [-0.05, 0) is 61.4 Å². The van der Waals surface area contributed by atoms with Crippen LogP contribution in [-0.2, 0) is 16.4 Å². The van der Waals surface area contributed by atoms with E-state index in [4.69, 9.17) is 9.72 Å². The molecule has 5 rings (SSSR count). The van der Waals surface area contributed by atoms with E-state index in [1.807, 2.05) is 24.3 Å². The van der Waals surface area contributed by atoms with E-state index in [1.54, 1.807) is 36.9 Å². The smallest absolute Gasteiger partial charge is 0.252 e. The molecule has 1 amide bonds. The van der Waals surface area contributed by atoms with Gasteiger partial charge in [-0.2, -0.15) is 5.10 Å². The van der Waals surface area contributed by atoms with Crippen LogP contribution in [0.3, 0.4) is 0 Å². The van der Waals surface area contributed by atoms with Gasteiger partial charge in [0.05, 0.1) is 47.0 Å². The zero-order valence-electron chi connectivity index (χ0n) is 19.9. The predicted octanol–water partition coefficient (Wildman–Crippen LogP) is 3.84. The molecular formula is C26H25FN4O4S. The molecule has 4 aromatic rings. The Morgan fingerprint density at radius 1 is 1.19 bits per heavy atom. The first-order chi connectivity index (χ1) is 17.2. The lowest BCUT2D eigenvalue weighted by molar-refractivity contribution is 0.0952. The summed E-state index contributed by atoms with van der Waals surface area (Å²) in [5.74, 6) is 0.0470. The van der Waals surface area contributed by atoms with Crippen molar-refractivity contribution in [2.45, 2.75) is 25.9 Å². The fourth-order valence-corrected chi connectivity index (χ4v) is 6.24. The van der Waals surface area contributed by atoms with E-state index in [0.717, 1.165) is 5.56 Å². The average molecular weight is 509 g/mol.